The van der Waals surface area contributed by atoms with Crippen molar-refractivity contribution in [1.29, 1.82) is 0 Å². The summed E-state index contributed by atoms with van der Waals surface area (Å²) < 4.78 is 0. The molecule has 0 heterocycles. The van der Waals surface area contributed by atoms with Gasteiger partial charge in [-0.1, -0.05) is 79.1 Å². The number of hydrogen-bond donors (Lipinski definition) is 2. The Bertz CT molecular complexity index is 345. The molecule has 2 N–H and O–H groups in total. The Kier molecular flexibility index (Phi) is 11.8. The van der Waals surface area contributed by atoms with Crippen molar-refractivity contribution in [2.24, 2.45) is 17.3 Å². The van der Waals surface area contributed by atoms with Crippen LogP contribution in [0.1, 0.15) is 98.3 Å². The van der Waals surface area contributed by atoms with Gasteiger partial charge < -0.3 is 10.2 Å². The molecule has 0 aliphatic heterocycles. The van der Waals surface area contributed by atoms with Crippen LogP contribution in [0.4, 0.5) is 0 Å². The van der Waals surface area contributed by atoms with E-state index in [1.54, 1.807) is 0 Å². The summed E-state index contributed by atoms with van der Waals surface area (Å²) in [6.07, 6.45) is 9.20. The highest BCUT2D eigenvalue weighted by Crippen LogP contribution is 2.47. The number of aliphatic carboxylic acids is 2. The average molecular weight is 343 g/mol. The molecule has 0 aromatic rings. The highest BCUT2D eigenvalue weighted by atomic mass is 16.4. The molecule has 0 aromatic heterocycles. The van der Waals surface area contributed by atoms with Crippen LogP contribution in [0.2, 0.25) is 0 Å². The van der Waals surface area contributed by atoms with Gasteiger partial charge in [0.25, 0.3) is 0 Å². The molecule has 0 spiro atoms. The summed E-state index contributed by atoms with van der Waals surface area (Å²) in [6, 6.07) is 0. The van der Waals surface area contributed by atoms with Crippen LogP contribution in [-0.2, 0) is 9.59 Å². The van der Waals surface area contributed by atoms with E-state index in [1.165, 1.54) is 0 Å². The second-order valence-corrected chi connectivity index (χ2v) is 7.03. The van der Waals surface area contributed by atoms with Gasteiger partial charge in [0.05, 0.1) is 5.41 Å². The van der Waals surface area contributed by atoms with E-state index in [2.05, 4.69) is 27.7 Å². The minimum Gasteiger partial charge on any atom is -0.481 e. The third-order valence-corrected chi connectivity index (χ3v) is 5.81. The molecule has 0 fully saturated rings. The van der Waals surface area contributed by atoms with Crippen molar-refractivity contribution in [3.8, 4) is 0 Å². The van der Waals surface area contributed by atoms with E-state index in [1.807, 2.05) is 0 Å². The Hall–Kier alpha value is -1.06. The molecule has 0 unspecified atom stereocenters. The summed E-state index contributed by atoms with van der Waals surface area (Å²) in [5, 5.41) is 18.8. The molecule has 0 atom stereocenters. The lowest BCUT2D eigenvalue weighted by Gasteiger charge is -2.42. The standard InChI is InChI=1S/C20H38O4/c1-5-16(6-2)20(19(23)24,17(7-3)8-4)15-13-11-9-10-12-14-18(21)22/h16-17H,5-15H2,1-4H3,(H,21,22)(H,23,24). The van der Waals surface area contributed by atoms with Crippen molar-refractivity contribution in [2.75, 3.05) is 0 Å². The maximum absolute atomic E-state index is 12.3. The van der Waals surface area contributed by atoms with Crippen molar-refractivity contribution in [2.45, 2.75) is 98.3 Å². The minimum absolute atomic E-state index is 0.229. The van der Waals surface area contributed by atoms with Gasteiger partial charge in [0.2, 0.25) is 0 Å². The summed E-state index contributed by atoms with van der Waals surface area (Å²) in [4.78, 5) is 22.8. The zero-order valence-corrected chi connectivity index (χ0v) is 16.1. The molecule has 0 saturated carbocycles. The predicted molar refractivity (Wildman–Crippen MR) is 98.2 cm³/mol. The first-order valence-electron chi connectivity index (χ1n) is 9.85. The molecule has 0 radical (unpaired) electrons. The molecule has 0 saturated heterocycles. The van der Waals surface area contributed by atoms with Crippen molar-refractivity contribution >= 4 is 11.9 Å². The van der Waals surface area contributed by atoms with Crippen LogP contribution in [0.3, 0.4) is 0 Å². The minimum atomic E-state index is -0.734. The molecule has 0 aliphatic rings. The van der Waals surface area contributed by atoms with Gasteiger partial charge in [-0.15, -0.1) is 0 Å². The maximum atomic E-state index is 12.3. The number of carboxylic acid groups (broad SMARTS) is 2. The van der Waals surface area contributed by atoms with Gasteiger partial charge >= 0.3 is 11.9 Å². The Morgan fingerprint density at radius 2 is 1.17 bits per heavy atom. The fourth-order valence-electron chi connectivity index (χ4n) is 4.46. The lowest BCUT2D eigenvalue weighted by molar-refractivity contribution is -0.159. The topological polar surface area (TPSA) is 74.6 Å². The number of hydrogen-bond acceptors (Lipinski definition) is 2. The Morgan fingerprint density at radius 3 is 1.54 bits per heavy atom. The van der Waals surface area contributed by atoms with Gasteiger partial charge in [0.1, 0.15) is 0 Å². The van der Waals surface area contributed by atoms with Crippen LogP contribution in [-0.4, -0.2) is 22.2 Å². The number of rotatable bonds is 15. The Labute approximate surface area is 148 Å². The van der Waals surface area contributed by atoms with Gasteiger partial charge in [-0.25, -0.2) is 0 Å². The van der Waals surface area contributed by atoms with Gasteiger partial charge in [-0.2, -0.15) is 0 Å². The normalized spacial score (nSPS) is 12.1. The lowest BCUT2D eigenvalue weighted by Crippen LogP contribution is -2.44. The highest BCUT2D eigenvalue weighted by Gasteiger charge is 2.48. The van der Waals surface area contributed by atoms with Gasteiger partial charge in [-0.05, 0) is 24.7 Å². The fraction of sp³-hybridized carbons (Fsp3) is 0.900. The Balaban J connectivity index is 4.82. The van der Waals surface area contributed by atoms with E-state index in [9.17, 15) is 14.7 Å². The van der Waals surface area contributed by atoms with E-state index < -0.39 is 17.4 Å². The van der Waals surface area contributed by atoms with E-state index in [0.29, 0.717) is 0 Å². The largest absolute Gasteiger partial charge is 0.481 e. The summed E-state index contributed by atoms with van der Waals surface area (Å²) in [5.41, 5.74) is -0.603. The highest BCUT2D eigenvalue weighted by molar-refractivity contribution is 5.75. The van der Waals surface area contributed by atoms with E-state index in [0.717, 1.165) is 64.2 Å². The summed E-state index contributed by atoms with van der Waals surface area (Å²) in [7, 11) is 0. The maximum Gasteiger partial charge on any atom is 0.310 e. The first kappa shape index (κ1) is 22.9. The van der Waals surface area contributed by atoms with Gasteiger partial charge in [-0.3, -0.25) is 9.59 Å². The van der Waals surface area contributed by atoms with Crippen molar-refractivity contribution in [3.63, 3.8) is 0 Å². The molecule has 4 heteroatoms. The quantitative estimate of drug-likeness (QED) is 0.372. The number of unbranched alkanes of at least 4 members (excludes halogenated alkanes) is 4. The monoisotopic (exact) mass is 342 g/mol. The summed E-state index contributed by atoms with van der Waals surface area (Å²) >= 11 is 0. The zero-order chi connectivity index (χ0) is 18.6. The van der Waals surface area contributed by atoms with E-state index >= 15 is 0 Å². The van der Waals surface area contributed by atoms with Gasteiger partial charge in [0, 0.05) is 6.42 Å². The fourth-order valence-corrected chi connectivity index (χ4v) is 4.46. The van der Waals surface area contributed by atoms with Crippen LogP contribution < -0.4 is 0 Å². The molecular formula is C20H38O4. The van der Waals surface area contributed by atoms with Crippen LogP contribution in [0, 0.1) is 17.3 Å². The summed E-state index contributed by atoms with van der Waals surface area (Å²) in [6.45, 7) is 8.44. The summed E-state index contributed by atoms with van der Waals surface area (Å²) in [5.74, 6) is -0.892. The molecular weight excluding hydrogens is 304 g/mol. The van der Waals surface area contributed by atoms with Gasteiger partial charge in [0.15, 0.2) is 0 Å². The smallest absolute Gasteiger partial charge is 0.310 e. The predicted octanol–water partition coefficient (Wildman–Crippen LogP) is 5.75. The van der Waals surface area contributed by atoms with Crippen molar-refractivity contribution in [3.05, 3.63) is 0 Å². The molecule has 0 amide bonds. The second kappa shape index (κ2) is 12.3. The molecule has 0 bridgehead atoms. The third-order valence-electron chi connectivity index (χ3n) is 5.81. The van der Waals surface area contributed by atoms with Crippen LogP contribution in [0.15, 0.2) is 0 Å². The van der Waals surface area contributed by atoms with Crippen LogP contribution in [0.5, 0.6) is 0 Å². The Morgan fingerprint density at radius 1 is 0.750 bits per heavy atom. The van der Waals surface area contributed by atoms with E-state index in [4.69, 9.17) is 5.11 Å². The van der Waals surface area contributed by atoms with E-state index in [-0.39, 0.29) is 18.3 Å². The SMILES string of the molecule is CCC(CC)C(CCCCCCCC(=O)O)(C(=O)O)C(CC)CC. The molecule has 0 aromatic carbocycles. The molecule has 142 valence electrons. The number of carbonyl (C=O) groups is 2. The second-order valence-electron chi connectivity index (χ2n) is 7.03. The first-order chi connectivity index (χ1) is 11.4. The van der Waals surface area contributed by atoms with Crippen LogP contribution in [0.25, 0.3) is 0 Å². The molecule has 4 nitrogen and oxygen atoms in total. The first-order valence-corrected chi connectivity index (χ1v) is 9.85. The molecule has 24 heavy (non-hydrogen) atoms. The van der Waals surface area contributed by atoms with Crippen molar-refractivity contribution in [1.82, 2.24) is 0 Å². The lowest BCUT2D eigenvalue weighted by atomic mass is 9.60. The van der Waals surface area contributed by atoms with Crippen LogP contribution >= 0.6 is 0 Å². The third kappa shape index (κ3) is 6.45. The zero-order valence-electron chi connectivity index (χ0n) is 16.1. The molecule has 0 rings (SSSR count). The average Bonchev–Trinajstić information content (AvgIpc) is 2.54. The molecule has 0 aliphatic carbocycles. The number of carboxylic acids is 2. The van der Waals surface area contributed by atoms with Crippen molar-refractivity contribution < 1.29 is 19.8 Å².